The van der Waals surface area contributed by atoms with Crippen molar-refractivity contribution in [3.8, 4) is 0 Å². The molecule has 0 aromatic carbocycles. The van der Waals surface area contributed by atoms with Gasteiger partial charge >= 0.3 is 6.03 Å². The second-order valence-corrected chi connectivity index (χ2v) is 7.67. The SMILES string of the molecule is Cc1noc(C)c1NC(=O)N[C@@H]1CC[C@@H](CCNC(=O)C2CCC2)O[C@H]1CO. The number of aryl methyl sites for hydroxylation is 2. The number of aliphatic hydroxyl groups excluding tert-OH is 1. The third-order valence-corrected chi connectivity index (χ3v) is 5.63. The van der Waals surface area contributed by atoms with Gasteiger partial charge in [0.25, 0.3) is 0 Å². The smallest absolute Gasteiger partial charge is 0.319 e. The van der Waals surface area contributed by atoms with Crippen LogP contribution in [0.3, 0.4) is 0 Å². The Labute approximate surface area is 164 Å². The zero-order valence-electron chi connectivity index (χ0n) is 16.5. The molecule has 28 heavy (non-hydrogen) atoms. The average molecular weight is 394 g/mol. The van der Waals surface area contributed by atoms with Crippen molar-refractivity contribution in [2.75, 3.05) is 18.5 Å². The van der Waals surface area contributed by atoms with Gasteiger partial charge in [0.05, 0.1) is 18.8 Å². The van der Waals surface area contributed by atoms with E-state index in [-0.39, 0.29) is 36.6 Å². The summed E-state index contributed by atoms with van der Waals surface area (Å²) in [5, 5.41) is 22.0. The van der Waals surface area contributed by atoms with Gasteiger partial charge in [0, 0.05) is 12.5 Å². The van der Waals surface area contributed by atoms with Crippen molar-refractivity contribution in [1.29, 1.82) is 0 Å². The van der Waals surface area contributed by atoms with Crippen molar-refractivity contribution < 1.29 is 24.0 Å². The molecule has 1 aliphatic carbocycles. The molecule has 0 unspecified atom stereocenters. The Kier molecular flexibility index (Phi) is 6.90. The van der Waals surface area contributed by atoms with Gasteiger partial charge in [0.1, 0.15) is 17.5 Å². The van der Waals surface area contributed by atoms with Gasteiger partial charge in [-0.25, -0.2) is 4.79 Å². The second-order valence-electron chi connectivity index (χ2n) is 7.67. The van der Waals surface area contributed by atoms with Crippen LogP contribution in [0.25, 0.3) is 0 Å². The third-order valence-electron chi connectivity index (χ3n) is 5.63. The van der Waals surface area contributed by atoms with Crippen molar-refractivity contribution in [3.63, 3.8) is 0 Å². The first-order chi connectivity index (χ1) is 13.5. The van der Waals surface area contributed by atoms with Crippen molar-refractivity contribution in [3.05, 3.63) is 11.5 Å². The topological polar surface area (TPSA) is 126 Å². The second kappa shape index (κ2) is 9.38. The summed E-state index contributed by atoms with van der Waals surface area (Å²) in [6.07, 6.45) is 4.75. The number of amides is 3. The van der Waals surface area contributed by atoms with E-state index in [0.717, 1.165) is 25.7 Å². The molecule has 3 amide bonds. The molecule has 2 heterocycles. The molecule has 0 bridgehead atoms. The van der Waals surface area contributed by atoms with E-state index >= 15 is 0 Å². The van der Waals surface area contributed by atoms with Gasteiger partial charge in [-0.2, -0.15) is 0 Å². The quantitative estimate of drug-likeness (QED) is 0.557. The van der Waals surface area contributed by atoms with Crippen LogP contribution < -0.4 is 16.0 Å². The summed E-state index contributed by atoms with van der Waals surface area (Å²) in [5.74, 6) is 0.855. The number of carbonyl (C=O) groups excluding carboxylic acids is 2. The fraction of sp³-hybridized carbons (Fsp3) is 0.737. The predicted molar refractivity (Wildman–Crippen MR) is 102 cm³/mol. The van der Waals surface area contributed by atoms with Crippen LogP contribution >= 0.6 is 0 Å². The van der Waals surface area contributed by atoms with Crippen LogP contribution in [0.5, 0.6) is 0 Å². The number of aliphatic hydroxyl groups is 1. The number of ether oxygens (including phenoxy) is 1. The van der Waals surface area contributed by atoms with E-state index in [1.165, 1.54) is 0 Å². The lowest BCUT2D eigenvalue weighted by Gasteiger charge is -2.36. The monoisotopic (exact) mass is 394 g/mol. The number of nitrogens with one attached hydrogen (secondary N) is 3. The molecule has 9 nitrogen and oxygen atoms in total. The van der Waals surface area contributed by atoms with E-state index in [1.807, 2.05) is 0 Å². The van der Waals surface area contributed by atoms with E-state index in [9.17, 15) is 14.7 Å². The van der Waals surface area contributed by atoms with E-state index in [0.29, 0.717) is 36.5 Å². The molecule has 9 heteroatoms. The Hall–Kier alpha value is -2.13. The minimum atomic E-state index is -0.475. The number of rotatable bonds is 7. The number of hydrogen-bond donors (Lipinski definition) is 4. The molecule has 1 aromatic rings. The largest absolute Gasteiger partial charge is 0.394 e. The fourth-order valence-corrected chi connectivity index (χ4v) is 3.66. The molecule has 0 spiro atoms. The van der Waals surface area contributed by atoms with Crippen LogP contribution in [0.4, 0.5) is 10.5 Å². The molecule has 1 aliphatic heterocycles. The number of aromatic nitrogens is 1. The summed E-state index contributed by atoms with van der Waals surface area (Å²) in [6, 6.07) is -0.668. The van der Waals surface area contributed by atoms with Crippen LogP contribution in [0.15, 0.2) is 4.52 Å². The summed E-state index contributed by atoms with van der Waals surface area (Å²) in [5.41, 5.74) is 1.16. The van der Waals surface area contributed by atoms with E-state index in [4.69, 9.17) is 9.26 Å². The highest BCUT2D eigenvalue weighted by Crippen LogP contribution is 2.26. The Morgan fingerprint density at radius 1 is 1.21 bits per heavy atom. The van der Waals surface area contributed by atoms with Gasteiger partial charge < -0.3 is 30.3 Å². The van der Waals surface area contributed by atoms with Gasteiger partial charge in [0.2, 0.25) is 5.91 Å². The fourth-order valence-electron chi connectivity index (χ4n) is 3.66. The van der Waals surface area contributed by atoms with Crippen LogP contribution in [-0.2, 0) is 9.53 Å². The molecular weight excluding hydrogens is 364 g/mol. The minimum absolute atomic E-state index is 0.0393. The molecule has 2 aliphatic rings. The lowest BCUT2D eigenvalue weighted by atomic mass is 9.85. The number of hydrogen-bond acceptors (Lipinski definition) is 6. The standard InChI is InChI=1S/C19H30N4O5/c1-11-17(12(2)28-23-11)22-19(26)21-15-7-6-14(27-16(15)10-24)8-9-20-18(25)13-4-3-5-13/h13-16,24H,3-10H2,1-2H3,(H,20,25)(H2,21,22,26)/t14-,15+,16-/m0/s1. The zero-order valence-corrected chi connectivity index (χ0v) is 16.5. The summed E-state index contributed by atoms with van der Waals surface area (Å²) in [6.45, 7) is 3.87. The maximum Gasteiger partial charge on any atom is 0.319 e. The summed E-state index contributed by atoms with van der Waals surface area (Å²) >= 11 is 0. The predicted octanol–water partition coefficient (Wildman–Crippen LogP) is 1.63. The van der Waals surface area contributed by atoms with Crippen molar-refractivity contribution in [2.45, 2.75) is 70.6 Å². The highest BCUT2D eigenvalue weighted by atomic mass is 16.5. The number of urea groups is 1. The molecule has 1 saturated carbocycles. The first kappa shape index (κ1) is 20.6. The van der Waals surface area contributed by atoms with E-state index in [1.54, 1.807) is 13.8 Å². The molecule has 4 N–H and O–H groups in total. The van der Waals surface area contributed by atoms with Crippen molar-refractivity contribution >= 4 is 17.6 Å². The Bertz CT molecular complexity index is 668. The van der Waals surface area contributed by atoms with Crippen molar-refractivity contribution in [2.24, 2.45) is 5.92 Å². The first-order valence-electron chi connectivity index (χ1n) is 10.0. The Morgan fingerprint density at radius 2 is 2.00 bits per heavy atom. The molecule has 3 atom stereocenters. The first-order valence-corrected chi connectivity index (χ1v) is 10.0. The zero-order chi connectivity index (χ0) is 20.1. The normalized spacial score (nSPS) is 25.0. The molecule has 156 valence electrons. The molecular formula is C19H30N4O5. The highest BCUT2D eigenvalue weighted by Gasteiger charge is 2.32. The molecule has 0 radical (unpaired) electrons. The summed E-state index contributed by atoms with van der Waals surface area (Å²) in [7, 11) is 0. The average Bonchev–Trinajstić information content (AvgIpc) is 2.93. The molecule has 1 aromatic heterocycles. The number of carbonyl (C=O) groups is 2. The third kappa shape index (κ3) is 5.02. The molecule has 3 rings (SSSR count). The van der Waals surface area contributed by atoms with Gasteiger partial charge in [-0.15, -0.1) is 0 Å². The Balaban J connectivity index is 1.42. The minimum Gasteiger partial charge on any atom is -0.394 e. The van der Waals surface area contributed by atoms with Gasteiger partial charge in [0.15, 0.2) is 5.76 Å². The lowest BCUT2D eigenvalue weighted by Crippen LogP contribution is -2.52. The van der Waals surface area contributed by atoms with Gasteiger partial charge in [-0.05, 0) is 46.0 Å². The number of nitrogens with zero attached hydrogens (tertiary/aromatic N) is 1. The lowest BCUT2D eigenvalue weighted by molar-refractivity contribution is -0.127. The maximum atomic E-state index is 12.3. The van der Waals surface area contributed by atoms with Crippen LogP contribution in [0, 0.1) is 19.8 Å². The van der Waals surface area contributed by atoms with Crippen LogP contribution in [0.1, 0.15) is 50.0 Å². The maximum absolute atomic E-state index is 12.3. The van der Waals surface area contributed by atoms with E-state index in [2.05, 4.69) is 21.1 Å². The van der Waals surface area contributed by atoms with Crippen LogP contribution in [-0.4, -0.2) is 53.6 Å². The highest BCUT2D eigenvalue weighted by molar-refractivity contribution is 5.90. The van der Waals surface area contributed by atoms with Gasteiger partial charge in [-0.1, -0.05) is 11.6 Å². The van der Waals surface area contributed by atoms with Crippen LogP contribution in [0.2, 0.25) is 0 Å². The van der Waals surface area contributed by atoms with Crippen molar-refractivity contribution in [1.82, 2.24) is 15.8 Å². The summed E-state index contributed by atoms with van der Waals surface area (Å²) < 4.78 is 11.0. The summed E-state index contributed by atoms with van der Waals surface area (Å²) in [4.78, 5) is 24.2. The Morgan fingerprint density at radius 3 is 2.61 bits per heavy atom. The van der Waals surface area contributed by atoms with E-state index < -0.39 is 6.10 Å². The molecule has 1 saturated heterocycles. The number of anilines is 1. The molecule has 2 fully saturated rings. The van der Waals surface area contributed by atoms with Gasteiger partial charge in [-0.3, -0.25) is 4.79 Å².